The number of hydrogen-bond acceptors (Lipinski definition) is 4. The van der Waals surface area contributed by atoms with Gasteiger partial charge in [-0.1, -0.05) is 25.7 Å². The van der Waals surface area contributed by atoms with Gasteiger partial charge in [0.1, 0.15) is 6.04 Å². The molecule has 26 heavy (non-hydrogen) atoms. The molecule has 3 heterocycles. The Morgan fingerprint density at radius 3 is 2.50 bits per heavy atom. The van der Waals surface area contributed by atoms with E-state index in [1.807, 2.05) is 0 Å². The molecule has 1 saturated carbocycles. The molecule has 5 heteroatoms. The van der Waals surface area contributed by atoms with Gasteiger partial charge in [0.15, 0.2) is 0 Å². The van der Waals surface area contributed by atoms with E-state index in [0.29, 0.717) is 18.0 Å². The van der Waals surface area contributed by atoms with Gasteiger partial charge in [0, 0.05) is 31.3 Å². The minimum atomic E-state index is -0.208. The zero-order chi connectivity index (χ0) is 18.1. The standard InChI is InChI=1S/C21H36N4O/c1-16-20(21(26)25(23(16)2)18-10-4-3-5-11-18)22-15-17-9-8-14-24-13-7-6-12-19(17)24/h15-20H,3-14H2,1-2H3. The van der Waals surface area contributed by atoms with Crippen molar-refractivity contribution in [3.05, 3.63) is 0 Å². The summed E-state index contributed by atoms with van der Waals surface area (Å²) < 4.78 is 0. The maximum atomic E-state index is 13.1. The molecule has 4 atom stereocenters. The van der Waals surface area contributed by atoms with Crippen LogP contribution in [0.15, 0.2) is 4.99 Å². The monoisotopic (exact) mass is 360 g/mol. The zero-order valence-corrected chi connectivity index (χ0v) is 16.6. The van der Waals surface area contributed by atoms with Crippen molar-refractivity contribution in [2.75, 3.05) is 20.1 Å². The van der Waals surface area contributed by atoms with Crippen LogP contribution in [0.3, 0.4) is 0 Å². The van der Waals surface area contributed by atoms with E-state index in [2.05, 4.69) is 35.1 Å². The lowest BCUT2D eigenvalue weighted by molar-refractivity contribution is -0.143. The van der Waals surface area contributed by atoms with Crippen LogP contribution in [0.25, 0.3) is 0 Å². The first-order valence-corrected chi connectivity index (χ1v) is 11.0. The Balaban J connectivity index is 1.45. The Morgan fingerprint density at radius 2 is 1.69 bits per heavy atom. The second kappa shape index (κ2) is 7.97. The number of nitrogens with zero attached hydrogens (tertiary/aromatic N) is 4. The smallest absolute Gasteiger partial charge is 0.263 e. The van der Waals surface area contributed by atoms with Gasteiger partial charge in [-0.05, 0) is 58.5 Å². The molecule has 4 fully saturated rings. The number of amides is 1. The molecular weight excluding hydrogens is 324 g/mol. The van der Waals surface area contributed by atoms with E-state index in [0.717, 1.165) is 12.8 Å². The number of aliphatic imine (C=N–C) groups is 1. The molecule has 0 N–H and O–H groups in total. The van der Waals surface area contributed by atoms with Crippen molar-refractivity contribution in [1.82, 2.24) is 14.9 Å². The quantitative estimate of drug-likeness (QED) is 0.726. The molecule has 5 nitrogen and oxygen atoms in total. The lowest BCUT2D eigenvalue weighted by Gasteiger charge is -2.43. The molecule has 3 saturated heterocycles. The third kappa shape index (κ3) is 3.45. The number of carbonyl (C=O) groups is 1. The fourth-order valence-corrected chi connectivity index (χ4v) is 5.73. The predicted molar refractivity (Wildman–Crippen MR) is 105 cm³/mol. The Morgan fingerprint density at radius 1 is 0.962 bits per heavy atom. The highest BCUT2D eigenvalue weighted by atomic mass is 16.2. The first kappa shape index (κ1) is 18.4. The number of fused-ring (bicyclic) bond motifs is 1. The van der Waals surface area contributed by atoms with Gasteiger partial charge in [0.2, 0.25) is 0 Å². The van der Waals surface area contributed by atoms with Gasteiger partial charge in [-0.3, -0.25) is 19.7 Å². The second-order valence-corrected chi connectivity index (χ2v) is 8.94. The molecule has 0 aromatic carbocycles. The third-order valence-corrected chi connectivity index (χ3v) is 7.36. The molecule has 146 valence electrons. The van der Waals surface area contributed by atoms with Crippen LogP contribution in [-0.4, -0.2) is 71.3 Å². The number of likely N-dealkylation sites (N-methyl/N-ethyl adjacent to an activating group) is 1. The second-order valence-electron chi connectivity index (χ2n) is 8.94. The average Bonchev–Trinajstić information content (AvgIpc) is 2.89. The van der Waals surface area contributed by atoms with E-state index in [1.165, 1.54) is 64.5 Å². The molecule has 3 aliphatic heterocycles. The van der Waals surface area contributed by atoms with Crippen molar-refractivity contribution >= 4 is 12.1 Å². The number of piperidine rings is 2. The van der Waals surface area contributed by atoms with Crippen molar-refractivity contribution < 1.29 is 4.79 Å². The van der Waals surface area contributed by atoms with Gasteiger partial charge in [0.05, 0.1) is 6.04 Å². The first-order chi connectivity index (χ1) is 12.7. The molecule has 0 aromatic heterocycles. The Hall–Kier alpha value is -0.940. The van der Waals surface area contributed by atoms with Gasteiger partial charge < -0.3 is 0 Å². The number of carbonyl (C=O) groups excluding carboxylic acids is 1. The third-order valence-electron chi connectivity index (χ3n) is 7.36. The van der Waals surface area contributed by atoms with Gasteiger partial charge in [-0.25, -0.2) is 5.01 Å². The summed E-state index contributed by atoms with van der Waals surface area (Å²) in [6.45, 7) is 4.68. The van der Waals surface area contributed by atoms with Crippen molar-refractivity contribution in [2.24, 2.45) is 10.9 Å². The lowest BCUT2D eigenvalue weighted by atomic mass is 9.84. The summed E-state index contributed by atoms with van der Waals surface area (Å²) in [7, 11) is 2.08. The first-order valence-electron chi connectivity index (χ1n) is 11.0. The van der Waals surface area contributed by atoms with Crippen LogP contribution in [0.2, 0.25) is 0 Å². The maximum absolute atomic E-state index is 13.1. The highest BCUT2D eigenvalue weighted by Gasteiger charge is 2.45. The Kier molecular flexibility index (Phi) is 5.65. The minimum absolute atomic E-state index is 0.173. The van der Waals surface area contributed by atoms with Gasteiger partial charge in [-0.2, -0.15) is 0 Å². The number of hydrazine groups is 1. The van der Waals surface area contributed by atoms with E-state index in [9.17, 15) is 4.79 Å². The van der Waals surface area contributed by atoms with Crippen LogP contribution in [0.4, 0.5) is 0 Å². The van der Waals surface area contributed by atoms with E-state index in [-0.39, 0.29) is 18.0 Å². The predicted octanol–water partition coefficient (Wildman–Crippen LogP) is 3.10. The topological polar surface area (TPSA) is 39.2 Å². The summed E-state index contributed by atoms with van der Waals surface area (Å²) in [6, 6.07) is 1.03. The SMILES string of the molecule is CC1C(N=CC2CCCN3CCCCC23)C(=O)N(C2CCCCC2)N1C. The highest BCUT2D eigenvalue weighted by Crippen LogP contribution is 2.32. The average molecular weight is 361 g/mol. The summed E-state index contributed by atoms with van der Waals surface area (Å²) in [4.78, 5) is 20.7. The Labute approximate surface area is 158 Å². The summed E-state index contributed by atoms with van der Waals surface area (Å²) in [5.74, 6) is 0.776. The fraction of sp³-hybridized carbons (Fsp3) is 0.905. The molecule has 4 unspecified atom stereocenters. The molecule has 0 aromatic rings. The van der Waals surface area contributed by atoms with Gasteiger partial charge in [-0.15, -0.1) is 0 Å². The lowest BCUT2D eigenvalue weighted by Crippen LogP contribution is -2.48. The van der Waals surface area contributed by atoms with Crippen molar-refractivity contribution in [1.29, 1.82) is 0 Å². The van der Waals surface area contributed by atoms with E-state index in [1.54, 1.807) is 0 Å². The fourth-order valence-electron chi connectivity index (χ4n) is 5.73. The van der Waals surface area contributed by atoms with E-state index in [4.69, 9.17) is 4.99 Å². The number of rotatable bonds is 3. The summed E-state index contributed by atoms with van der Waals surface area (Å²) in [6.07, 6.45) is 14.8. The zero-order valence-electron chi connectivity index (χ0n) is 16.6. The largest absolute Gasteiger partial charge is 0.300 e. The highest BCUT2D eigenvalue weighted by molar-refractivity contribution is 5.86. The molecule has 4 aliphatic rings. The van der Waals surface area contributed by atoms with Crippen LogP contribution in [0.1, 0.15) is 71.1 Å². The molecule has 0 radical (unpaired) electrons. The van der Waals surface area contributed by atoms with Crippen LogP contribution < -0.4 is 0 Å². The van der Waals surface area contributed by atoms with Gasteiger partial charge in [0.25, 0.3) is 5.91 Å². The maximum Gasteiger partial charge on any atom is 0.263 e. The molecular formula is C21H36N4O. The Bertz CT molecular complexity index is 528. The normalized spacial score (nSPS) is 38.2. The molecule has 0 spiro atoms. The molecule has 0 bridgehead atoms. The number of hydrogen-bond donors (Lipinski definition) is 0. The van der Waals surface area contributed by atoms with Crippen molar-refractivity contribution in [2.45, 2.75) is 95.3 Å². The summed E-state index contributed by atoms with van der Waals surface area (Å²) in [5, 5.41) is 4.23. The van der Waals surface area contributed by atoms with Crippen LogP contribution in [-0.2, 0) is 4.79 Å². The molecule has 1 amide bonds. The summed E-state index contributed by atoms with van der Waals surface area (Å²) >= 11 is 0. The van der Waals surface area contributed by atoms with Crippen LogP contribution >= 0.6 is 0 Å². The van der Waals surface area contributed by atoms with Crippen LogP contribution in [0.5, 0.6) is 0 Å². The molecule has 4 rings (SSSR count). The molecule has 1 aliphatic carbocycles. The van der Waals surface area contributed by atoms with Crippen molar-refractivity contribution in [3.8, 4) is 0 Å². The van der Waals surface area contributed by atoms with Crippen LogP contribution in [0, 0.1) is 5.92 Å². The van der Waals surface area contributed by atoms with E-state index < -0.39 is 0 Å². The van der Waals surface area contributed by atoms with Gasteiger partial charge >= 0.3 is 0 Å². The minimum Gasteiger partial charge on any atom is -0.300 e. The van der Waals surface area contributed by atoms with Crippen molar-refractivity contribution in [3.63, 3.8) is 0 Å². The summed E-state index contributed by atoms with van der Waals surface area (Å²) in [5.41, 5.74) is 0. The van der Waals surface area contributed by atoms with E-state index >= 15 is 0 Å².